The first-order valence-corrected chi connectivity index (χ1v) is 8.35. The van der Waals surface area contributed by atoms with Crippen molar-refractivity contribution < 1.29 is 27.4 Å². The topological polar surface area (TPSA) is 76.8 Å². The first-order chi connectivity index (χ1) is 12.2. The number of carbonyl (C=O) groups excluding carboxylic acids is 1. The maximum absolute atomic E-state index is 12.4. The Balaban J connectivity index is 1.94. The van der Waals surface area contributed by atoms with Gasteiger partial charge < -0.3 is 20.5 Å². The number of benzene rings is 1. The summed E-state index contributed by atoms with van der Waals surface area (Å²) >= 11 is 6.17. The number of primary amides is 1. The molecule has 146 valence electrons. The highest BCUT2D eigenvalue weighted by atomic mass is 35.5. The van der Waals surface area contributed by atoms with Crippen LogP contribution in [0, 0.1) is 0 Å². The molecule has 1 fully saturated rings. The number of methoxy groups -OCH3 is 1. The van der Waals surface area contributed by atoms with Crippen LogP contribution in [-0.2, 0) is 11.3 Å². The number of nitrogens with one attached hydrogen (secondary N) is 1. The van der Waals surface area contributed by atoms with Crippen molar-refractivity contribution >= 4 is 17.5 Å². The highest BCUT2D eigenvalue weighted by Crippen LogP contribution is 2.36. The van der Waals surface area contributed by atoms with Crippen molar-refractivity contribution in [2.45, 2.75) is 25.2 Å². The molecule has 1 atom stereocenters. The smallest absolute Gasteiger partial charge is 0.401 e. The monoisotopic (exact) mass is 395 g/mol. The third kappa shape index (κ3) is 6.22. The van der Waals surface area contributed by atoms with E-state index in [4.69, 9.17) is 26.8 Å². The quantitative estimate of drug-likeness (QED) is 0.703. The standard InChI is InChI=1S/C16H21ClF3N3O3/c1-25-13-5-10(4-12(17)15(13)26-8-14(21)24)6-22-11-2-3-23(7-11)9-16(18,19)20/h4-5,11,22H,2-3,6-9H2,1H3,(H2,21,24). The summed E-state index contributed by atoms with van der Waals surface area (Å²) in [5.41, 5.74) is 5.83. The second kappa shape index (κ2) is 8.79. The predicted molar refractivity (Wildman–Crippen MR) is 90.4 cm³/mol. The Hall–Kier alpha value is -1.71. The molecule has 1 aromatic carbocycles. The number of alkyl halides is 3. The van der Waals surface area contributed by atoms with E-state index in [-0.39, 0.29) is 23.4 Å². The zero-order valence-electron chi connectivity index (χ0n) is 14.2. The first kappa shape index (κ1) is 20.6. The Kier molecular flexibility index (Phi) is 6.96. The summed E-state index contributed by atoms with van der Waals surface area (Å²) in [7, 11) is 1.44. The second-order valence-corrected chi connectivity index (χ2v) is 6.49. The number of likely N-dealkylation sites (tertiary alicyclic amines) is 1. The van der Waals surface area contributed by atoms with E-state index < -0.39 is 18.6 Å². The molecule has 10 heteroatoms. The highest BCUT2D eigenvalue weighted by molar-refractivity contribution is 6.32. The van der Waals surface area contributed by atoms with Crippen LogP contribution >= 0.6 is 11.6 Å². The van der Waals surface area contributed by atoms with Crippen LogP contribution in [0.5, 0.6) is 11.5 Å². The molecular weight excluding hydrogens is 375 g/mol. The molecule has 0 saturated carbocycles. The van der Waals surface area contributed by atoms with E-state index in [1.165, 1.54) is 12.0 Å². The number of ether oxygens (including phenoxy) is 2. The van der Waals surface area contributed by atoms with Gasteiger partial charge >= 0.3 is 6.18 Å². The van der Waals surface area contributed by atoms with Gasteiger partial charge in [0.25, 0.3) is 5.91 Å². The van der Waals surface area contributed by atoms with E-state index in [0.29, 0.717) is 31.8 Å². The van der Waals surface area contributed by atoms with Gasteiger partial charge in [-0.3, -0.25) is 9.69 Å². The molecule has 3 N–H and O–H groups in total. The van der Waals surface area contributed by atoms with E-state index in [2.05, 4.69) is 5.32 Å². The lowest BCUT2D eigenvalue weighted by Gasteiger charge is -2.18. The van der Waals surface area contributed by atoms with Crippen LogP contribution in [0.15, 0.2) is 12.1 Å². The fourth-order valence-electron chi connectivity index (χ4n) is 2.82. The third-order valence-electron chi connectivity index (χ3n) is 3.92. The Morgan fingerprint density at radius 2 is 2.19 bits per heavy atom. The van der Waals surface area contributed by atoms with E-state index in [1.54, 1.807) is 12.1 Å². The van der Waals surface area contributed by atoms with Crippen LogP contribution < -0.4 is 20.5 Å². The zero-order chi connectivity index (χ0) is 19.3. The van der Waals surface area contributed by atoms with Gasteiger partial charge in [0.1, 0.15) is 0 Å². The zero-order valence-corrected chi connectivity index (χ0v) is 15.0. The molecule has 0 aromatic heterocycles. The summed E-state index contributed by atoms with van der Waals surface area (Å²) in [6, 6.07) is 3.31. The third-order valence-corrected chi connectivity index (χ3v) is 4.20. The highest BCUT2D eigenvalue weighted by Gasteiger charge is 2.34. The number of hydrogen-bond acceptors (Lipinski definition) is 5. The van der Waals surface area contributed by atoms with Gasteiger partial charge in [0.05, 0.1) is 18.7 Å². The van der Waals surface area contributed by atoms with E-state index in [1.807, 2.05) is 0 Å². The lowest BCUT2D eigenvalue weighted by molar-refractivity contribution is -0.143. The summed E-state index contributed by atoms with van der Waals surface area (Å²) in [6.45, 7) is -0.0659. The first-order valence-electron chi connectivity index (χ1n) is 7.98. The second-order valence-electron chi connectivity index (χ2n) is 6.08. The van der Waals surface area contributed by atoms with Crippen LogP contribution in [0.4, 0.5) is 13.2 Å². The lowest BCUT2D eigenvalue weighted by Crippen LogP contribution is -2.36. The molecule has 2 rings (SSSR count). The van der Waals surface area contributed by atoms with Crippen molar-refractivity contribution in [3.8, 4) is 11.5 Å². The molecule has 0 radical (unpaired) electrons. The fraction of sp³-hybridized carbons (Fsp3) is 0.562. The minimum atomic E-state index is -4.18. The molecule has 26 heavy (non-hydrogen) atoms. The normalized spacial score (nSPS) is 18.1. The van der Waals surface area contributed by atoms with Crippen molar-refractivity contribution in [2.24, 2.45) is 5.73 Å². The average Bonchev–Trinajstić information content (AvgIpc) is 2.96. The van der Waals surface area contributed by atoms with Gasteiger partial charge in [-0.2, -0.15) is 13.2 Å². The van der Waals surface area contributed by atoms with Crippen LogP contribution in [0.1, 0.15) is 12.0 Å². The number of rotatable bonds is 8. The molecule has 1 aromatic rings. The number of hydrogen-bond donors (Lipinski definition) is 2. The molecule has 1 aliphatic heterocycles. The average molecular weight is 396 g/mol. The molecule has 1 aliphatic rings. The minimum Gasteiger partial charge on any atom is -0.493 e. The maximum atomic E-state index is 12.4. The number of nitrogens with two attached hydrogens (primary N) is 1. The Labute approximate surface area is 154 Å². The van der Waals surface area contributed by atoms with Gasteiger partial charge in [-0.25, -0.2) is 0 Å². The van der Waals surface area contributed by atoms with Crippen molar-refractivity contribution in [1.82, 2.24) is 10.2 Å². The van der Waals surface area contributed by atoms with Crippen molar-refractivity contribution in [3.05, 3.63) is 22.7 Å². The van der Waals surface area contributed by atoms with Gasteiger partial charge in [0.2, 0.25) is 0 Å². The maximum Gasteiger partial charge on any atom is 0.401 e. The Bertz CT molecular complexity index is 643. The van der Waals surface area contributed by atoms with E-state index in [9.17, 15) is 18.0 Å². The van der Waals surface area contributed by atoms with Crippen LogP contribution in [-0.4, -0.2) is 56.4 Å². The van der Waals surface area contributed by atoms with Crippen LogP contribution in [0.3, 0.4) is 0 Å². The molecule has 1 saturated heterocycles. The van der Waals surface area contributed by atoms with Crippen molar-refractivity contribution in [3.63, 3.8) is 0 Å². The SMILES string of the molecule is COc1cc(CNC2CCN(CC(F)(F)F)C2)cc(Cl)c1OCC(N)=O. The summed E-state index contributed by atoms with van der Waals surface area (Å²) in [5, 5.41) is 3.48. The van der Waals surface area contributed by atoms with Crippen LogP contribution in [0.2, 0.25) is 5.02 Å². The molecule has 6 nitrogen and oxygen atoms in total. The van der Waals surface area contributed by atoms with Gasteiger partial charge in [-0.05, 0) is 24.1 Å². The molecule has 1 heterocycles. The Morgan fingerprint density at radius 3 is 2.81 bits per heavy atom. The number of carbonyl (C=O) groups is 1. The lowest BCUT2D eigenvalue weighted by atomic mass is 10.1. The van der Waals surface area contributed by atoms with Crippen LogP contribution in [0.25, 0.3) is 0 Å². The van der Waals surface area contributed by atoms with Crippen molar-refractivity contribution in [1.29, 1.82) is 0 Å². The molecule has 0 aliphatic carbocycles. The largest absolute Gasteiger partial charge is 0.493 e. The molecule has 1 unspecified atom stereocenters. The molecule has 1 amide bonds. The molecular formula is C16H21ClF3N3O3. The van der Waals surface area contributed by atoms with Crippen molar-refractivity contribution in [2.75, 3.05) is 33.4 Å². The van der Waals surface area contributed by atoms with E-state index in [0.717, 1.165) is 5.56 Å². The summed E-state index contributed by atoms with van der Waals surface area (Å²) in [5.74, 6) is -0.0758. The number of amides is 1. The summed E-state index contributed by atoms with van der Waals surface area (Å²) < 4.78 is 47.8. The van der Waals surface area contributed by atoms with Gasteiger partial charge in [0, 0.05) is 25.7 Å². The van der Waals surface area contributed by atoms with Gasteiger partial charge in [-0.1, -0.05) is 11.6 Å². The summed E-state index contributed by atoms with van der Waals surface area (Å²) in [4.78, 5) is 12.2. The van der Waals surface area contributed by atoms with Gasteiger partial charge in [-0.15, -0.1) is 0 Å². The van der Waals surface area contributed by atoms with E-state index >= 15 is 0 Å². The predicted octanol–water partition coefficient (Wildman–Crippen LogP) is 1.94. The molecule has 0 spiro atoms. The molecule has 0 bridgehead atoms. The summed E-state index contributed by atoms with van der Waals surface area (Å²) in [6.07, 6.45) is -3.54. The fourth-order valence-corrected chi connectivity index (χ4v) is 3.11. The minimum absolute atomic E-state index is 0.0343. The number of nitrogens with zero attached hydrogens (tertiary/aromatic N) is 1. The number of halogens is 4. The van der Waals surface area contributed by atoms with Gasteiger partial charge in [0.15, 0.2) is 18.1 Å². The Morgan fingerprint density at radius 1 is 1.46 bits per heavy atom.